The molecule has 3 rings (SSSR count). The molecular formula is C20H14ClN3O3S2. The molecule has 2 aromatic rings. The van der Waals surface area contributed by atoms with Gasteiger partial charge in [-0.25, -0.2) is 0 Å². The number of nitrogens with zero attached hydrogens (tertiary/aromatic N) is 2. The third-order valence-electron chi connectivity index (χ3n) is 4.36. The first-order chi connectivity index (χ1) is 13.9. The van der Waals surface area contributed by atoms with Crippen LogP contribution in [0.4, 0.5) is 5.69 Å². The zero-order valence-electron chi connectivity index (χ0n) is 15.1. The van der Waals surface area contributed by atoms with E-state index in [-0.39, 0.29) is 17.0 Å². The number of thioether (sulfide) groups is 2. The summed E-state index contributed by atoms with van der Waals surface area (Å²) in [5.41, 5.74) is 7.73. The highest BCUT2D eigenvalue weighted by Crippen LogP contribution is 2.49. The number of hydrogen-bond donors (Lipinski definition) is 1. The minimum Gasteiger partial charge on any atom is -0.392 e. The first-order valence-corrected chi connectivity index (χ1v) is 10.7. The van der Waals surface area contributed by atoms with Gasteiger partial charge in [-0.05, 0) is 36.1 Å². The number of non-ortho nitro benzene ring substituents is 1. The summed E-state index contributed by atoms with van der Waals surface area (Å²) in [6.07, 6.45) is 1.83. The number of allylic oxidation sites excluding steroid dienone is 2. The molecule has 1 heterocycles. The van der Waals surface area contributed by atoms with E-state index in [4.69, 9.17) is 17.3 Å². The van der Waals surface area contributed by atoms with E-state index in [0.717, 1.165) is 0 Å². The molecule has 0 radical (unpaired) electrons. The molecule has 6 nitrogen and oxygen atoms in total. The minimum absolute atomic E-state index is 0.0750. The SMILES string of the molecule is CSC1=C(C(=O)c2ccc(Cl)cc2)C(c2ccc([N+](=O)[O-])cc2)C(C#N)=C(N)S1. The number of ketones is 1. The summed E-state index contributed by atoms with van der Waals surface area (Å²) in [5.74, 6) is -0.963. The molecule has 1 unspecified atom stereocenters. The summed E-state index contributed by atoms with van der Waals surface area (Å²) in [6, 6.07) is 14.4. The van der Waals surface area contributed by atoms with Crippen LogP contribution in [-0.4, -0.2) is 17.0 Å². The molecule has 29 heavy (non-hydrogen) atoms. The standard InChI is InChI=1S/C20H14ClN3O3S2/c1-28-20-17(18(25)12-2-6-13(21)7-3-12)16(15(10-22)19(23)29-20)11-4-8-14(9-5-11)24(26)27/h2-9,16H,23H2,1H3. The van der Waals surface area contributed by atoms with Crippen molar-refractivity contribution >= 4 is 46.6 Å². The highest BCUT2D eigenvalue weighted by Gasteiger charge is 2.36. The van der Waals surface area contributed by atoms with E-state index in [0.29, 0.717) is 31.0 Å². The fraction of sp³-hybridized carbons (Fsp3) is 0.100. The van der Waals surface area contributed by atoms with Gasteiger partial charge in [0.25, 0.3) is 5.69 Å². The summed E-state index contributed by atoms with van der Waals surface area (Å²) in [6.45, 7) is 0. The van der Waals surface area contributed by atoms with Crippen molar-refractivity contribution in [2.24, 2.45) is 5.73 Å². The highest BCUT2D eigenvalue weighted by atomic mass is 35.5. The van der Waals surface area contributed by atoms with Gasteiger partial charge in [0, 0.05) is 28.3 Å². The second kappa shape index (κ2) is 8.74. The van der Waals surface area contributed by atoms with Crippen LogP contribution in [0.15, 0.2) is 68.9 Å². The molecule has 0 saturated heterocycles. The van der Waals surface area contributed by atoms with Gasteiger partial charge in [-0.2, -0.15) is 5.26 Å². The topological polar surface area (TPSA) is 110 Å². The van der Waals surface area contributed by atoms with Crippen LogP contribution in [0.25, 0.3) is 0 Å². The summed E-state index contributed by atoms with van der Waals surface area (Å²) in [4.78, 5) is 23.9. The Hall–Kier alpha value is -2.73. The number of carbonyl (C=O) groups excluding carboxylic acids is 1. The molecule has 0 fully saturated rings. The maximum atomic E-state index is 13.4. The van der Waals surface area contributed by atoms with Crippen molar-refractivity contribution in [1.29, 1.82) is 5.26 Å². The van der Waals surface area contributed by atoms with Gasteiger partial charge in [-0.15, -0.1) is 11.8 Å². The van der Waals surface area contributed by atoms with Crippen molar-refractivity contribution in [2.75, 3.05) is 6.26 Å². The number of nitro benzene ring substituents is 1. The molecule has 9 heteroatoms. The Morgan fingerprint density at radius 1 is 1.24 bits per heavy atom. The summed E-state index contributed by atoms with van der Waals surface area (Å²) in [7, 11) is 0. The fourth-order valence-corrected chi connectivity index (χ4v) is 4.94. The van der Waals surface area contributed by atoms with E-state index in [2.05, 4.69) is 6.07 Å². The zero-order valence-corrected chi connectivity index (χ0v) is 17.5. The van der Waals surface area contributed by atoms with E-state index in [1.165, 1.54) is 35.7 Å². The van der Waals surface area contributed by atoms with Gasteiger partial charge in [0.2, 0.25) is 0 Å². The Labute approximate surface area is 180 Å². The van der Waals surface area contributed by atoms with Crippen molar-refractivity contribution < 1.29 is 9.72 Å². The third kappa shape index (κ3) is 4.17. The molecule has 0 bridgehead atoms. The first kappa shape index (κ1) is 21.0. The zero-order chi connectivity index (χ0) is 21.1. The summed E-state index contributed by atoms with van der Waals surface area (Å²) >= 11 is 8.48. The van der Waals surface area contributed by atoms with Gasteiger partial charge in [0.15, 0.2) is 5.78 Å². The largest absolute Gasteiger partial charge is 0.392 e. The summed E-state index contributed by atoms with van der Waals surface area (Å²) in [5, 5.41) is 21.5. The van der Waals surface area contributed by atoms with Crippen LogP contribution in [0.3, 0.4) is 0 Å². The Balaban J connectivity index is 2.17. The van der Waals surface area contributed by atoms with Crippen molar-refractivity contribution in [3.63, 3.8) is 0 Å². The number of halogens is 1. The average molecular weight is 444 g/mol. The monoisotopic (exact) mass is 443 g/mol. The molecular weight excluding hydrogens is 430 g/mol. The second-order valence-corrected chi connectivity index (χ2v) is 8.58. The lowest BCUT2D eigenvalue weighted by atomic mass is 9.82. The number of hydrogen-bond acceptors (Lipinski definition) is 7. The molecule has 0 aromatic heterocycles. The number of Topliss-reactive ketones (excluding diaryl/α,β-unsaturated/α-hetero) is 1. The maximum absolute atomic E-state index is 13.4. The van der Waals surface area contributed by atoms with E-state index < -0.39 is 10.8 Å². The molecule has 0 aliphatic carbocycles. The molecule has 0 amide bonds. The van der Waals surface area contributed by atoms with Gasteiger partial charge in [0.1, 0.15) is 0 Å². The lowest BCUT2D eigenvalue weighted by Gasteiger charge is -2.27. The number of rotatable bonds is 5. The van der Waals surface area contributed by atoms with Gasteiger partial charge in [-0.3, -0.25) is 14.9 Å². The number of nitrogens with two attached hydrogens (primary N) is 1. The smallest absolute Gasteiger partial charge is 0.269 e. The predicted molar refractivity (Wildman–Crippen MR) is 117 cm³/mol. The minimum atomic E-state index is -0.715. The van der Waals surface area contributed by atoms with Gasteiger partial charge >= 0.3 is 0 Å². The summed E-state index contributed by atoms with van der Waals surface area (Å²) < 4.78 is 0.685. The van der Waals surface area contributed by atoms with Gasteiger partial charge in [-0.1, -0.05) is 35.5 Å². The first-order valence-electron chi connectivity index (χ1n) is 8.27. The number of benzene rings is 2. The fourth-order valence-electron chi connectivity index (χ4n) is 2.99. The number of carbonyl (C=O) groups is 1. The van der Waals surface area contributed by atoms with Crippen LogP contribution in [0.1, 0.15) is 21.8 Å². The Morgan fingerprint density at radius 2 is 1.86 bits per heavy atom. The van der Waals surface area contributed by atoms with Crippen molar-refractivity contribution in [1.82, 2.24) is 0 Å². The van der Waals surface area contributed by atoms with E-state index in [1.807, 2.05) is 6.26 Å². The highest BCUT2D eigenvalue weighted by molar-refractivity contribution is 8.23. The molecule has 0 saturated carbocycles. The van der Waals surface area contributed by atoms with Crippen LogP contribution < -0.4 is 5.73 Å². The molecule has 0 spiro atoms. The van der Waals surface area contributed by atoms with Crippen LogP contribution in [-0.2, 0) is 0 Å². The van der Waals surface area contributed by atoms with Crippen LogP contribution in [0.2, 0.25) is 5.02 Å². The second-order valence-electron chi connectivity index (χ2n) is 6.01. The Bertz CT molecular complexity index is 1090. The lowest BCUT2D eigenvalue weighted by molar-refractivity contribution is -0.384. The van der Waals surface area contributed by atoms with Crippen molar-refractivity contribution in [2.45, 2.75) is 5.92 Å². The van der Waals surface area contributed by atoms with E-state index in [9.17, 15) is 20.2 Å². The molecule has 2 aromatic carbocycles. The van der Waals surface area contributed by atoms with Crippen molar-refractivity contribution in [3.05, 3.63) is 95.2 Å². The Kier molecular flexibility index (Phi) is 6.33. The average Bonchev–Trinajstić information content (AvgIpc) is 2.73. The van der Waals surface area contributed by atoms with Crippen molar-refractivity contribution in [3.8, 4) is 6.07 Å². The van der Waals surface area contributed by atoms with Gasteiger partial charge < -0.3 is 5.73 Å². The number of nitriles is 1. The molecule has 2 N–H and O–H groups in total. The Morgan fingerprint density at radius 3 is 2.38 bits per heavy atom. The van der Waals surface area contributed by atoms with Crippen LogP contribution >= 0.6 is 35.1 Å². The normalized spacial score (nSPS) is 16.5. The van der Waals surface area contributed by atoms with Gasteiger partial charge in [0.05, 0.1) is 31.7 Å². The quantitative estimate of drug-likeness (QED) is 0.382. The molecule has 1 atom stereocenters. The number of nitro groups is 1. The molecule has 1 aliphatic heterocycles. The lowest BCUT2D eigenvalue weighted by Crippen LogP contribution is -2.21. The molecule has 146 valence electrons. The van der Waals surface area contributed by atoms with E-state index >= 15 is 0 Å². The van der Waals surface area contributed by atoms with Crippen LogP contribution in [0.5, 0.6) is 0 Å². The third-order valence-corrected chi connectivity index (χ3v) is 6.80. The predicted octanol–water partition coefficient (Wildman–Crippen LogP) is 5.23. The maximum Gasteiger partial charge on any atom is 0.269 e. The van der Waals surface area contributed by atoms with E-state index in [1.54, 1.807) is 36.4 Å². The van der Waals surface area contributed by atoms with Crippen LogP contribution in [0, 0.1) is 21.4 Å². The molecule has 1 aliphatic rings.